The Kier molecular flexibility index (Phi) is 5.95. The molecule has 0 heterocycles. The number of rotatable bonds is 5. The Labute approximate surface area is 102 Å². The van der Waals surface area contributed by atoms with E-state index < -0.39 is 23.7 Å². The van der Waals surface area contributed by atoms with Crippen LogP contribution in [0.25, 0.3) is 0 Å². The van der Waals surface area contributed by atoms with Crippen LogP contribution in [-0.4, -0.2) is 41.4 Å². The summed E-state index contributed by atoms with van der Waals surface area (Å²) in [6.07, 6.45) is -0.505. The SMILES string of the molecule is CC(CNC(=O)OC(C)(C)C)N[C@H](C)C(=O)O. The van der Waals surface area contributed by atoms with Crippen molar-refractivity contribution in [2.45, 2.75) is 52.3 Å². The molecule has 0 bridgehead atoms. The number of hydrogen-bond donors (Lipinski definition) is 3. The van der Waals surface area contributed by atoms with E-state index in [0.29, 0.717) is 6.54 Å². The predicted octanol–water partition coefficient (Wildman–Crippen LogP) is 0.962. The molecule has 6 heteroatoms. The molecule has 0 rings (SSSR count). The summed E-state index contributed by atoms with van der Waals surface area (Å²) in [5, 5.41) is 14.1. The van der Waals surface area contributed by atoms with Gasteiger partial charge in [0.25, 0.3) is 0 Å². The molecule has 6 nitrogen and oxygen atoms in total. The topological polar surface area (TPSA) is 87.7 Å². The largest absolute Gasteiger partial charge is 0.480 e. The van der Waals surface area contributed by atoms with Gasteiger partial charge in [-0.05, 0) is 34.6 Å². The van der Waals surface area contributed by atoms with Crippen molar-refractivity contribution in [3.63, 3.8) is 0 Å². The molecule has 2 atom stereocenters. The molecule has 17 heavy (non-hydrogen) atoms. The van der Waals surface area contributed by atoms with E-state index in [9.17, 15) is 9.59 Å². The van der Waals surface area contributed by atoms with Gasteiger partial charge in [0.1, 0.15) is 11.6 Å². The van der Waals surface area contributed by atoms with Gasteiger partial charge in [0, 0.05) is 12.6 Å². The van der Waals surface area contributed by atoms with E-state index in [4.69, 9.17) is 9.84 Å². The molecule has 0 aromatic carbocycles. The van der Waals surface area contributed by atoms with E-state index in [0.717, 1.165) is 0 Å². The highest BCUT2D eigenvalue weighted by molar-refractivity contribution is 5.72. The third kappa shape index (κ3) is 8.50. The molecule has 0 aliphatic rings. The minimum absolute atomic E-state index is 0.145. The van der Waals surface area contributed by atoms with Gasteiger partial charge in [-0.25, -0.2) is 4.79 Å². The fourth-order valence-electron chi connectivity index (χ4n) is 1.11. The van der Waals surface area contributed by atoms with Gasteiger partial charge in [-0.1, -0.05) is 0 Å². The van der Waals surface area contributed by atoms with Gasteiger partial charge in [0.05, 0.1) is 0 Å². The Hall–Kier alpha value is -1.30. The first-order chi connectivity index (χ1) is 7.61. The highest BCUT2D eigenvalue weighted by Gasteiger charge is 2.17. The Morgan fingerprint density at radius 3 is 2.24 bits per heavy atom. The molecular formula is C11H22N2O4. The lowest BCUT2D eigenvalue weighted by atomic mass is 10.2. The standard InChI is InChI=1S/C11H22N2O4/c1-7(13-8(2)9(14)15)6-12-10(16)17-11(3,4)5/h7-8,13H,6H2,1-5H3,(H,12,16)(H,14,15)/t7?,8-/m1/s1. The van der Waals surface area contributed by atoms with Crippen molar-refractivity contribution >= 4 is 12.1 Å². The minimum Gasteiger partial charge on any atom is -0.480 e. The van der Waals surface area contributed by atoms with Crippen molar-refractivity contribution in [1.29, 1.82) is 0 Å². The lowest BCUT2D eigenvalue weighted by Crippen LogP contribution is -2.46. The number of ether oxygens (including phenoxy) is 1. The van der Waals surface area contributed by atoms with E-state index in [1.165, 1.54) is 0 Å². The Bertz CT molecular complexity index is 273. The number of nitrogens with one attached hydrogen (secondary N) is 2. The summed E-state index contributed by atoms with van der Waals surface area (Å²) >= 11 is 0. The molecule has 3 N–H and O–H groups in total. The van der Waals surface area contributed by atoms with E-state index in [2.05, 4.69) is 10.6 Å². The van der Waals surface area contributed by atoms with Crippen LogP contribution in [0.5, 0.6) is 0 Å². The van der Waals surface area contributed by atoms with Crippen LogP contribution >= 0.6 is 0 Å². The first kappa shape index (κ1) is 15.7. The number of alkyl carbamates (subject to hydrolysis) is 1. The van der Waals surface area contributed by atoms with Crippen LogP contribution < -0.4 is 10.6 Å². The average molecular weight is 246 g/mol. The van der Waals surface area contributed by atoms with Gasteiger partial charge in [-0.3, -0.25) is 4.79 Å². The van der Waals surface area contributed by atoms with Crippen LogP contribution in [-0.2, 0) is 9.53 Å². The number of hydrogen-bond acceptors (Lipinski definition) is 4. The van der Waals surface area contributed by atoms with E-state index in [1.807, 2.05) is 0 Å². The molecule has 0 aromatic heterocycles. The van der Waals surface area contributed by atoms with Crippen molar-refractivity contribution in [3.05, 3.63) is 0 Å². The van der Waals surface area contributed by atoms with Gasteiger partial charge in [-0.15, -0.1) is 0 Å². The monoisotopic (exact) mass is 246 g/mol. The van der Waals surface area contributed by atoms with E-state index in [1.54, 1.807) is 34.6 Å². The van der Waals surface area contributed by atoms with Crippen molar-refractivity contribution in [2.24, 2.45) is 0 Å². The number of carbonyl (C=O) groups is 2. The molecule has 0 saturated heterocycles. The summed E-state index contributed by atoms with van der Waals surface area (Å²) < 4.78 is 5.05. The van der Waals surface area contributed by atoms with Crippen LogP contribution in [0.3, 0.4) is 0 Å². The first-order valence-corrected chi connectivity index (χ1v) is 5.57. The normalized spacial score (nSPS) is 14.9. The molecular weight excluding hydrogens is 224 g/mol. The maximum absolute atomic E-state index is 11.3. The number of carbonyl (C=O) groups excluding carboxylic acids is 1. The summed E-state index contributed by atoms with van der Waals surface area (Å²) in [7, 11) is 0. The van der Waals surface area contributed by atoms with Crippen molar-refractivity contribution in [2.75, 3.05) is 6.54 Å². The van der Waals surface area contributed by atoms with Gasteiger partial charge in [0.15, 0.2) is 0 Å². The van der Waals surface area contributed by atoms with Crippen molar-refractivity contribution in [3.8, 4) is 0 Å². The highest BCUT2D eigenvalue weighted by atomic mass is 16.6. The molecule has 1 amide bonds. The second kappa shape index (κ2) is 6.44. The van der Waals surface area contributed by atoms with Crippen LogP contribution in [0.1, 0.15) is 34.6 Å². The Balaban J connectivity index is 3.88. The second-order valence-electron chi connectivity index (χ2n) is 5.01. The molecule has 100 valence electrons. The zero-order valence-electron chi connectivity index (χ0n) is 11.0. The summed E-state index contributed by atoms with van der Waals surface area (Å²) in [4.78, 5) is 21.9. The van der Waals surface area contributed by atoms with Crippen LogP contribution in [0.15, 0.2) is 0 Å². The molecule has 0 aromatic rings. The van der Waals surface area contributed by atoms with Gasteiger partial charge in [0.2, 0.25) is 0 Å². The summed E-state index contributed by atoms with van der Waals surface area (Å²) in [5.41, 5.74) is -0.533. The average Bonchev–Trinajstić information content (AvgIpc) is 2.11. The molecule has 0 aliphatic carbocycles. The molecule has 0 spiro atoms. The second-order valence-corrected chi connectivity index (χ2v) is 5.01. The van der Waals surface area contributed by atoms with Gasteiger partial charge < -0.3 is 20.5 Å². The van der Waals surface area contributed by atoms with Crippen LogP contribution in [0.4, 0.5) is 4.79 Å². The van der Waals surface area contributed by atoms with Crippen molar-refractivity contribution < 1.29 is 19.4 Å². The zero-order chi connectivity index (χ0) is 13.6. The maximum Gasteiger partial charge on any atom is 0.407 e. The Morgan fingerprint density at radius 2 is 1.82 bits per heavy atom. The number of carboxylic acid groups (broad SMARTS) is 1. The number of amides is 1. The lowest BCUT2D eigenvalue weighted by molar-refractivity contribution is -0.139. The van der Waals surface area contributed by atoms with Gasteiger partial charge in [-0.2, -0.15) is 0 Å². The number of aliphatic carboxylic acids is 1. The molecule has 0 aliphatic heterocycles. The summed E-state index contributed by atoms with van der Waals surface area (Å²) in [5.74, 6) is -0.922. The minimum atomic E-state index is -0.922. The van der Waals surface area contributed by atoms with Crippen molar-refractivity contribution in [1.82, 2.24) is 10.6 Å². The third-order valence-electron chi connectivity index (χ3n) is 1.86. The Morgan fingerprint density at radius 1 is 1.29 bits per heavy atom. The maximum atomic E-state index is 11.3. The smallest absolute Gasteiger partial charge is 0.407 e. The molecule has 0 radical (unpaired) electrons. The molecule has 0 saturated carbocycles. The van der Waals surface area contributed by atoms with E-state index in [-0.39, 0.29) is 6.04 Å². The fraction of sp³-hybridized carbons (Fsp3) is 0.818. The highest BCUT2D eigenvalue weighted by Crippen LogP contribution is 2.06. The van der Waals surface area contributed by atoms with E-state index >= 15 is 0 Å². The lowest BCUT2D eigenvalue weighted by Gasteiger charge is -2.21. The number of carboxylic acids is 1. The molecule has 0 fully saturated rings. The first-order valence-electron chi connectivity index (χ1n) is 5.57. The summed E-state index contributed by atoms with van der Waals surface area (Å²) in [6, 6.07) is -0.793. The third-order valence-corrected chi connectivity index (χ3v) is 1.86. The fourth-order valence-corrected chi connectivity index (χ4v) is 1.11. The predicted molar refractivity (Wildman–Crippen MR) is 63.9 cm³/mol. The van der Waals surface area contributed by atoms with Crippen LogP contribution in [0, 0.1) is 0 Å². The molecule has 1 unspecified atom stereocenters. The summed E-state index contributed by atoms with van der Waals surface area (Å²) in [6.45, 7) is 8.98. The van der Waals surface area contributed by atoms with Crippen LogP contribution in [0.2, 0.25) is 0 Å². The van der Waals surface area contributed by atoms with Gasteiger partial charge >= 0.3 is 12.1 Å². The zero-order valence-corrected chi connectivity index (χ0v) is 11.0. The quantitative estimate of drug-likeness (QED) is 0.672.